The third-order valence-electron chi connectivity index (χ3n) is 4.45. The van der Waals surface area contributed by atoms with E-state index >= 15 is 0 Å². The van der Waals surface area contributed by atoms with Gasteiger partial charge in [0.15, 0.2) is 0 Å². The van der Waals surface area contributed by atoms with Crippen molar-refractivity contribution in [2.75, 3.05) is 11.9 Å². The minimum Gasteiger partial charge on any atom is -0.354 e. The molecule has 2 aromatic carbocycles. The minimum absolute atomic E-state index is 0.101. The van der Waals surface area contributed by atoms with Crippen LogP contribution < -0.4 is 10.2 Å². The van der Waals surface area contributed by atoms with Crippen LogP contribution in [0, 0.1) is 18.3 Å². The zero-order valence-corrected chi connectivity index (χ0v) is 18.0. The number of hydrogen-bond acceptors (Lipinski definition) is 4. The van der Waals surface area contributed by atoms with Crippen LogP contribution in [0.25, 0.3) is 0 Å². The Morgan fingerprint density at radius 2 is 1.93 bits per heavy atom. The number of rotatable bonds is 4. The van der Waals surface area contributed by atoms with Crippen LogP contribution in [0.2, 0.25) is 10.0 Å². The molecule has 148 valence electrons. The molecule has 0 unspecified atom stereocenters. The van der Waals surface area contributed by atoms with E-state index in [-0.39, 0.29) is 11.5 Å². The molecule has 1 fully saturated rings. The lowest BCUT2D eigenvalue weighted by Gasteiger charge is -2.18. The molecule has 0 bridgehead atoms. The number of thioether (sulfide) groups is 1. The molecule has 1 heterocycles. The molecule has 5 nitrogen and oxygen atoms in total. The van der Waals surface area contributed by atoms with Crippen LogP contribution in [0.5, 0.6) is 0 Å². The van der Waals surface area contributed by atoms with Crippen LogP contribution in [0.4, 0.5) is 5.69 Å². The average Bonchev–Trinajstić information content (AvgIpc) is 3.01. The Morgan fingerprint density at radius 1 is 1.24 bits per heavy atom. The molecule has 1 N–H and O–H groups in total. The van der Waals surface area contributed by atoms with Gasteiger partial charge >= 0.3 is 0 Å². The number of benzene rings is 2. The zero-order valence-electron chi connectivity index (χ0n) is 15.7. The molecule has 1 atom stereocenters. The molecule has 0 spiro atoms. The first-order valence-electron chi connectivity index (χ1n) is 8.73. The molecule has 0 saturated carbocycles. The van der Waals surface area contributed by atoms with E-state index in [1.165, 1.54) is 23.7 Å². The molecule has 0 aliphatic carbocycles. The van der Waals surface area contributed by atoms with Crippen LogP contribution >= 0.6 is 35.0 Å². The quantitative estimate of drug-likeness (QED) is 0.556. The van der Waals surface area contributed by atoms with E-state index in [1.54, 1.807) is 30.3 Å². The maximum Gasteiger partial charge on any atom is 0.264 e. The number of carbonyl (C=O) groups is 2. The fraction of sp³-hybridized carbons (Fsp3) is 0.190. The number of aryl methyl sites for hydroxylation is 1. The van der Waals surface area contributed by atoms with Gasteiger partial charge in [-0.15, -0.1) is 0 Å². The summed E-state index contributed by atoms with van der Waals surface area (Å²) in [5.74, 6) is -0.749. The van der Waals surface area contributed by atoms with Gasteiger partial charge in [-0.25, -0.2) is 0 Å². The van der Waals surface area contributed by atoms with Gasteiger partial charge in [0.25, 0.3) is 5.91 Å². The number of amides is 2. The lowest BCUT2D eigenvalue weighted by Crippen LogP contribution is -2.31. The van der Waals surface area contributed by atoms with E-state index in [0.29, 0.717) is 27.2 Å². The molecular weight excluding hydrogens is 429 g/mol. The van der Waals surface area contributed by atoms with Crippen LogP contribution in [0.15, 0.2) is 53.1 Å². The normalized spacial score (nSPS) is 17.8. The van der Waals surface area contributed by atoms with Gasteiger partial charge in [0.1, 0.15) is 16.7 Å². The number of nitrogens with zero attached hydrogens (tertiary/aromatic N) is 2. The molecular formula is C21H17Cl2N3O2S. The molecule has 8 heteroatoms. The number of hydrogen-bond donors (Lipinski definition) is 1. The maximum absolute atomic E-state index is 13.3. The van der Waals surface area contributed by atoms with Crippen LogP contribution in [-0.4, -0.2) is 24.1 Å². The summed E-state index contributed by atoms with van der Waals surface area (Å²) in [4.78, 5) is 27.0. The van der Waals surface area contributed by atoms with Crippen molar-refractivity contribution in [2.24, 2.45) is 0 Å². The molecule has 29 heavy (non-hydrogen) atoms. The van der Waals surface area contributed by atoms with Gasteiger partial charge in [0.2, 0.25) is 5.91 Å². The van der Waals surface area contributed by atoms with Crippen molar-refractivity contribution in [2.45, 2.75) is 18.6 Å². The molecule has 0 aromatic heterocycles. The van der Waals surface area contributed by atoms with Gasteiger partial charge in [0.05, 0.1) is 5.25 Å². The summed E-state index contributed by atoms with van der Waals surface area (Å²) < 4.78 is 0. The number of anilines is 1. The van der Waals surface area contributed by atoms with Gasteiger partial charge in [-0.1, -0.05) is 58.7 Å². The van der Waals surface area contributed by atoms with Crippen molar-refractivity contribution in [1.82, 2.24) is 5.32 Å². The minimum atomic E-state index is -0.537. The Kier molecular flexibility index (Phi) is 6.53. The second-order valence-corrected chi connectivity index (χ2v) is 8.46. The number of halogens is 2. The van der Waals surface area contributed by atoms with Crippen LogP contribution in [-0.2, 0) is 16.0 Å². The lowest BCUT2D eigenvalue weighted by atomic mass is 10.1. The fourth-order valence-corrected chi connectivity index (χ4v) is 4.71. The van der Waals surface area contributed by atoms with E-state index in [1.807, 2.05) is 25.1 Å². The second-order valence-electron chi connectivity index (χ2n) is 6.43. The molecule has 1 aliphatic rings. The Bertz CT molecular complexity index is 1040. The molecule has 0 radical (unpaired) electrons. The topological polar surface area (TPSA) is 73.2 Å². The van der Waals surface area contributed by atoms with Crippen LogP contribution in [0.1, 0.15) is 11.1 Å². The number of nitrogens with one attached hydrogen (secondary N) is 1. The van der Waals surface area contributed by atoms with Crippen molar-refractivity contribution < 1.29 is 9.59 Å². The van der Waals surface area contributed by atoms with Crippen LogP contribution in [0.3, 0.4) is 0 Å². The lowest BCUT2D eigenvalue weighted by molar-refractivity contribution is -0.117. The van der Waals surface area contributed by atoms with E-state index < -0.39 is 11.2 Å². The highest BCUT2D eigenvalue weighted by atomic mass is 35.5. The maximum atomic E-state index is 13.3. The number of carbonyl (C=O) groups excluding carboxylic acids is 2. The zero-order chi connectivity index (χ0) is 21.1. The smallest absolute Gasteiger partial charge is 0.264 e. The molecule has 1 aliphatic heterocycles. The predicted molar refractivity (Wildman–Crippen MR) is 117 cm³/mol. The monoisotopic (exact) mass is 445 g/mol. The highest BCUT2D eigenvalue weighted by molar-refractivity contribution is 8.05. The summed E-state index contributed by atoms with van der Waals surface area (Å²) >= 11 is 13.4. The SMILES string of the molecule is CNC(=O)/C(C#N)=C1/S[C@@H](Cc2ccc(Cl)cc2Cl)C(=O)N1c1ccc(C)cc1. The summed E-state index contributed by atoms with van der Waals surface area (Å²) in [5.41, 5.74) is 2.31. The van der Waals surface area contributed by atoms with E-state index in [2.05, 4.69) is 5.32 Å². The third-order valence-corrected chi connectivity index (χ3v) is 6.29. The number of likely N-dealkylation sites (N-methyl/N-ethyl adjacent to an activating group) is 1. The molecule has 3 rings (SSSR count). The number of nitriles is 1. The van der Waals surface area contributed by atoms with Gasteiger partial charge in [-0.3, -0.25) is 14.5 Å². The molecule has 2 amide bonds. The van der Waals surface area contributed by atoms with Crippen molar-refractivity contribution in [3.8, 4) is 6.07 Å². The van der Waals surface area contributed by atoms with Crippen molar-refractivity contribution in [3.63, 3.8) is 0 Å². The van der Waals surface area contributed by atoms with Gasteiger partial charge < -0.3 is 5.32 Å². The van der Waals surface area contributed by atoms with Crippen molar-refractivity contribution in [1.29, 1.82) is 5.26 Å². The Labute approximate surface area is 183 Å². The Hall–Kier alpha value is -2.46. The van der Waals surface area contributed by atoms with E-state index in [0.717, 1.165) is 11.1 Å². The highest BCUT2D eigenvalue weighted by Crippen LogP contribution is 2.42. The van der Waals surface area contributed by atoms with E-state index in [4.69, 9.17) is 23.2 Å². The first kappa shape index (κ1) is 21.3. The third kappa shape index (κ3) is 4.43. The first-order chi connectivity index (χ1) is 13.8. The summed E-state index contributed by atoms with van der Waals surface area (Å²) in [6.45, 7) is 1.94. The summed E-state index contributed by atoms with van der Waals surface area (Å²) in [5, 5.41) is 12.8. The molecule has 1 saturated heterocycles. The average molecular weight is 446 g/mol. The summed E-state index contributed by atoms with van der Waals surface area (Å²) in [7, 11) is 1.45. The Morgan fingerprint density at radius 3 is 2.52 bits per heavy atom. The van der Waals surface area contributed by atoms with Gasteiger partial charge in [0, 0.05) is 22.8 Å². The second kappa shape index (κ2) is 8.91. The van der Waals surface area contributed by atoms with E-state index in [9.17, 15) is 14.9 Å². The summed E-state index contributed by atoms with van der Waals surface area (Å²) in [6.07, 6.45) is 0.345. The van der Waals surface area contributed by atoms with Crippen molar-refractivity contribution in [3.05, 3.63) is 74.2 Å². The fourth-order valence-electron chi connectivity index (χ4n) is 2.93. The Balaban J connectivity index is 2.05. The van der Waals surface area contributed by atoms with Gasteiger partial charge in [-0.2, -0.15) is 5.26 Å². The van der Waals surface area contributed by atoms with Crippen molar-refractivity contribution >= 4 is 52.5 Å². The first-order valence-corrected chi connectivity index (χ1v) is 10.4. The largest absolute Gasteiger partial charge is 0.354 e. The molecule has 2 aromatic rings. The predicted octanol–water partition coefficient (Wildman–Crippen LogP) is 4.47. The van der Waals surface area contributed by atoms with Gasteiger partial charge in [-0.05, 0) is 43.2 Å². The highest BCUT2D eigenvalue weighted by Gasteiger charge is 2.40. The standard InChI is InChI=1S/C21H17Cl2N3O2S/c1-12-3-7-15(8-4-12)26-20(28)18(9-13-5-6-14(22)10-17(13)23)29-21(26)16(11-24)19(27)25-2/h3-8,10,18H,9H2,1-2H3,(H,25,27)/b21-16+/t18-/m0/s1. The summed E-state index contributed by atoms with van der Waals surface area (Å²) in [6, 6.07) is 14.4.